The van der Waals surface area contributed by atoms with Gasteiger partial charge in [-0.2, -0.15) is 0 Å². The van der Waals surface area contributed by atoms with E-state index in [0.29, 0.717) is 22.6 Å². The highest BCUT2D eigenvalue weighted by Crippen LogP contribution is 2.16. The molecule has 2 aromatic rings. The molecule has 0 aliphatic heterocycles. The lowest BCUT2D eigenvalue weighted by atomic mass is 10.1. The summed E-state index contributed by atoms with van der Waals surface area (Å²) in [7, 11) is -3.22. The van der Waals surface area contributed by atoms with Crippen molar-refractivity contribution in [1.29, 1.82) is 0 Å². The fraction of sp³-hybridized carbons (Fsp3) is 0.200. The lowest BCUT2D eigenvalue weighted by molar-refractivity contribution is 0.0950. The molecule has 0 saturated carbocycles. The Hall–Kier alpha value is -2.21. The minimum absolute atomic E-state index is 0.192. The molecule has 1 aromatic carbocycles. The van der Waals surface area contributed by atoms with Crippen molar-refractivity contribution in [2.24, 2.45) is 0 Å². The van der Waals surface area contributed by atoms with Gasteiger partial charge in [0.1, 0.15) is 0 Å². The molecule has 0 bridgehead atoms. The second-order valence-electron chi connectivity index (χ2n) is 4.79. The maximum absolute atomic E-state index is 11.9. The van der Waals surface area contributed by atoms with E-state index in [4.69, 9.17) is 0 Å². The van der Waals surface area contributed by atoms with Crippen LogP contribution in [-0.4, -0.2) is 25.6 Å². The van der Waals surface area contributed by atoms with Crippen molar-refractivity contribution in [2.75, 3.05) is 6.26 Å². The molecule has 0 spiro atoms. The van der Waals surface area contributed by atoms with Gasteiger partial charge in [0.05, 0.1) is 4.90 Å². The number of aryl methyl sites for hydroxylation is 1. The van der Waals surface area contributed by atoms with Crippen LogP contribution >= 0.6 is 0 Å². The Balaban J connectivity index is 2.08. The monoisotopic (exact) mass is 304 g/mol. The first-order valence-corrected chi connectivity index (χ1v) is 8.25. The van der Waals surface area contributed by atoms with Crippen molar-refractivity contribution in [3.63, 3.8) is 0 Å². The fourth-order valence-corrected chi connectivity index (χ4v) is 2.98. The van der Waals surface area contributed by atoms with Crippen molar-refractivity contribution in [2.45, 2.75) is 18.4 Å². The number of nitrogens with one attached hydrogen (secondary N) is 1. The summed E-state index contributed by atoms with van der Waals surface area (Å²) >= 11 is 0. The van der Waals surface area contributed by atoms with Gasteiger partial charge in [-0.15, -0.1) is 0 Å². The van der Waals surface area contributed by atoms with Gasteiger partial charge in [-0.05, 0) is 36.2 Å². The summed E-state index contributed by atoms with van der Waals surface area (Å²) in [6.45, 7) is 2.08. The first kappa shape index (κ1) is 15.2. The van der Waals surface area contributed by atoms with E-state index in [-0.39, 0.29) is 5.91 Å². The maximum Gasteiger partial charge on any atom is 0.251 e. The van der Waals surface area contributed by atoms with E-state index in [0.717, 1.165) is 5.56 Å². The van der Waals surface area contributed by atoms with E-state index >= 15 is 0 Å². The van der Waals surface area contributed by atoms with Crippen molar-refractivity contribution in [3.8, 4) is 0 Å². The molecule has 0 radical (unpaired) electrons. The van der Waals surface area contributed by atoms with Crippen molar-refractivity contribution in [3.05, 3.63) is 59.4 Å². The van der Waals surface area contributed by atoms with Crippen LogP contribution in [0.3, 0.4) is 0 Å². The standard InChI is InChI=1S/C15H16N2O3S/c1-11-9-12(3-4-14(11)21(2,19)20)10-17-15(18)13-5-7-16-8-6-13/h3-9H,10H2,1-2H3,(H,17,18). The van der Waals surface area contributed by atoms with Crippen LogP contribution in [0.15, 0.2) is 47.6 Å². The van der Waals surface area contributed by atoms with Gasteiger partial charge in [0.15, 0.2) is 9.84 Å². The molecule has 110 valence electrons. The first-order valence-electron chi connectivity index (χ1n) is 6.36. The maximum atomic E-state index is 11.9. The van der Waals surface area contributed by atoms with Crippen molar-refractivity contribution in [1.82, 2.24) is 10.3 Å². The van der Waals surface area contributed by atoms with Crippen LogP contribution in [0, 0.1) is 6.92 Å². The second-order valence-corrected chi connectivity index (χ2v) is 6.77. The number of nitrogens with zero attached hydrogens (tertiary/aromatic N) is 1. The summed E-state index contributed by atoms with van der Waals surface area (Å²) in [4.78, 5) is 16.1. The largest absolute Gasteiger partial charge is 0.348 e. The molecule has 0 atom stereocenters. The van der Waals surface area contributed by atoms with Gasteiger partial charge in [0, 0.05) is 30.8 Å². The van der Waals surface area contributed by atoms with Gasteiger partial charge in [-0.3, -0.25) is 9.78 Å². The Bertz CT molecular complexity index is 756. The van der Waals surface area contributed by atoms with E-state index < -0.39 is 9.84 Å². The Kier molecular flexibility index (Phi) is 4.37. The fourth-order valence-electron chi connectivity index (χ4n) is 2.03. The lowest BCUT2D eigenvalue weighted by Crippen LogP contribution is -2.22. The zero-order valence-corrected chi connectivity index (χ0v) is 12.6. The van der Waals surface area contributed by atoms with Gasteiger partial charge >= 0.3 is 0 Å². The summed E-state index contributed by atoms with van der Waals surface area (Å²) in [5.74, 6) is -0.192. The number of carbonyl (C=O) groups is 1. The summed E-state index contributed by atoms with van der Waals surface area (Å²) in [5.41, 5.74) is 2.06. The highest BCUT2D eigenvalue weighted by Gasteiger charge is 2.11. The zero-order valence-electron chi connectivity index (χ0n) is 11.8. The smallest absolute Gasteiger partial charge is 0.251 e. The Morgan fingerprint density at radius 1 is 1.19 bits per heavy atom. The Labute approximate surface area is 124 Å². The van der Waals surface area contributed by atoms with Crippen LogP contribution < -0.4 is 5.32 Å². The molecule has 0 unspecified atom stereocenters. The predicted molar refractivity (Wildman–Crippen MR) is 79.7 cm³/mol. The SMILES string of the molecule is Cc1cc(CNC(=O)c2ccncc2)ccc1S(C)(=O)=O. The van der Waals surface area contributed by atoms with Gasteiger partial charge < -0.3 is 5.32 Å². The van der Waals surface area contributed by atoms with E-state index in [1.807, 2.05) is 0 Å². The molecule has 0 aliphatic carbocycles. The van der Waals surface area contributed by atoms with E-state index in [9.17, 15) is 13.2 Å². The number of hydrogen-bond donors (Lipinski definition) is 1. The number of pyridine rings is 1. The van der Waals surface area contributed by atoms with Crippen LogP contribution in [0.2, 0.25) is 0 Å². The second kappa shape index (κ2) is 6.05. The number of amides is 1. The van der Waals surface area contributed by atoms with Gasteiger partial charge in [0.2, 0.25) is 0 Å². The van der Waals surface area contributed by atoms with E-state index in [2.05, 4.69) is 10.3 Å². The Morgan fingerprint density at radius 2 is 1.86 bits per heavy atom. The Morgan fingerprint density at radius 3 is 2.43 bits per heavy atom. The third-order valence-electron chi connectivity index (χ3n) is 3.03. The lowest BCUT2D eigenvalue weighted by Gasteiger charge is -2.08. The van der Waals surface area contributed by atoms with Crippen LogP contribution in [0.1, 0.15) is 21.5 Å². The predicted octanol–water partition coefficient (Wildman–Crippen LogP) is 1.72. The number of rotatable bonds is 4. The van der Waals surface area contributed by atoms with Gasteiger partial charge in [-0.25, -0.2) is 8.42 Å². The van der Waals surface area contributed by atoms with Crippen LogP contribution in [0.4, 0.5) is 0 Å². The average molecular weight is 304 g/mol. The normalized spacial score (nSPS) is 11.1. The number of hydrogen-bond acceptors (Lipinski definition) is 4. The van der Waals surface area contributed by atoms with Gasteiger partial charge in [0.25, 0.3) is 5.91 Å². The summed E-state index contributed by atoms with van der Waals surface area (Å²) in [6, 6.07) is 8.30. The minimum Gasteiger partial charge on any atom is -0.348 e. The number of carbonyl (C=O) groups excluding carboxylic acids is 1. The van der Waals surface area contributed by atoms with Crippen LogP contribution in [0.5, 0.6) is 0 Å². The molecular formula is C15H16N2O3S. The molecule has 1 aromatic heterocycles. The minimum atomic E-state index is -3.22. The summed E-state index contributed by atoms with van der Waals surface area (Å²) in [5, 5.41) is 2.78. The van der Waals surface area contributed by atoms with Crippen LogP contribution in [0.25, 0.3) is 0 Å². The molecule has 6 heteroatoms. The molecule has 5 nitrogen and oxygen atoms in total. The molecule has 2 rings (SSSR count). The molecule has 1 heterocycles. The van der Waals surface area contributed by atoms with E-state index in [1.54, 1.807) is 49.6 Å². The number of sulfone groups is 1. The van der Waals surface area contributed by atoms with Crippen molar-refractivity contribution >= 4 is 15.7 Å². The molecule has 0 aliphatic rings. The molecule has 1 N–H and O–H groups in total. The highest BCUT2D eigenvalue weighted by molar-refractivity contribution is 7.90. The number of benzene rings is 1. The number of aromatic nitrogens is 1. The molecule has 0 fully saturated rings. The zero-order chi connectivity index (χ0) is 15.5. The molecule has 1 amide bonds. The summed E-state index contributed by atoms with van der Waals surface area (Å²) in [6.07, 6.45) is 4.29. The molecule has 0 saturated heterocycles. The average Bonchev–Trinajstić information content (AvgIpc) is 2.44. The quantitative estimate of drug-likeness (QED) is 0.933. The van der Waals surface area contributed by atoms with Crippen LogP contribution in [-0.2, 0) is 16.4 Å². The molecular weight excluding hydrogens is 288 g/mol. The topological polar surface area (TPSA) is 76.1 Å². The third-order valence-corrected chi connectivity index (χ3v) is 4.29. The molecule has 21 heavy (non-hydrogen) atoms. The van der Waals surface area contributed by atoms with Gasteiger partial charge in [-0.1, -0.05) is 12.1 Å². The summed E-state index contributed by atoms with van der Waals surface area (Å²) < 4.78 is 23.1. The third kappa shape index (κ3) is 3.88. The van der Waals surface area contributed by atoms with Crippen molar-refractivity contribution < 1.29 is 13.2 Å². The van der Waals surface area contributed by atoms with E-state index in [1.165, 1.54) is 6.26 Å². The first-order chi connectivity index (χ1) is 9.88. The highest BCUT2D eigenvalue weighted by atomic mass is 32.2.